The average molecular weight is 169 g/mol. The summed E-state index contributed by atoms with van der Waals surface area (Å²) < 4.78 is 17.1. The molecule has 0 saturated carbocycles. The van der Waals surface area contributed by atoms with Crippen LogP contribution >= 0.6 is 0 Å². The van der Waals surface area contributed by atoms with Crippen molar-refractivity contribution in [1.82, 2.24) is 0 Å². The van der Waals surface area contributed by atoms with Crippen molar-refractivity contribution in [2.45, 2.75) is 0 Å². The molecule has 0 saturated heterocycles. The van der Waals surface area contributed by atoms with E-state index in [0.717, 1.165) is 18.2 Å². The molecule has 0 aliphatic carbocycles. The molecule has 0 spiro atoms. The zero-order valence-corrected chi connectivity index (χ0v) is 6.33. The first-order valence-electron chi connectivity index (χ1n) is 3.20. The van der Waals surface area contributed by atoms with Gasteiger partial charge in [0.25, 0.3) is 0 Å². The molecule has 0 unspecified atom stereocenters. The fourth-order valence-corrected chi connectivity index (χ4v) is 0.834. The molecule has 0 heterocycles. The lowest BCUT2D eigenvalue weighted by Gasteiger charge is -2.08. The first-order valence-corrected chi connectivity index (χ1v) is 3.20. The summed E-state index contributed by atoms with van der Waals surface area (Å²) in [6, 6.07) is 3.13. The number of hydrogen-bond donors (Lipinski definition) is 0. The summed E-state index contributed by atoms with van der Waals surface area (Å²) >= 11 is 0. The Labute approximate surface area is 68.4 Å². The molecule has 0 fully saturated rings. The Kier molecular flexibility index (Phi) is 2.28. The summed E-state index contributed by atoms with van der Waals surface area (Å²) in [5.74, 6) is -1.96. The first-order chi connectivity index (χ1) is 5.65. The lowest BCUT2D eigenvalue weighted by atomic mass is 10.2. The fourth-order valence-electron chi connectivity index (χ4n) is 0.834. The van der Waals surface area contributed by atoms with Gasteiger partial charge in [0.2, 0.25) is 0 Å². The van der Waals surface area contributed by atoms with Crippen LogP contribution in [0.3, 0.4) is 0 Å². The maximum Gasteiger partial charge on any atom is 0.130 e. The molecule has 64 valence electrons. The second-order valence-corrected chi connectivity index (χ2v) is 2.13. The van der Waals surface area contributed by atoms with Crippen molar-refractivity contribution in [3.63, 3.8) is 0 Å². The highest BCUT2D eigenvalue weighted by molar-refractivity contribution is 5.89. The van der Waals surface area contributed by atoms with Crippen LogP contribution in [0.4, 0.5) is 4.39 Å². The van der Waals surface area contributed by atoms with Crippen LogP contribution in [-0.4, -0.2) is 13.1 Å². The van der Waals surface area contributed by atoms with Gasteiger partial charge in [-0.15, -0.1) is 0 Å². The lowest BCUT2D eigenvalue weighted by Crippen LogP contribution is -2.22. The Morgan fingerprint density at radius 2 is 2.25 bits per heavy atom. The summed E-state index contributed by atoms with van der Waals surface area (Å²) in [4.78, 5) is 10.4. The second kappa shape index (κ2) is 3.21. The zero-order chi connectivity index (χ0) is 9.14. The molecule has 0 N–H and O–H groups in total. The third-order valence-corrected chi connectivity index (χ3v) is 1.38. The number of carboxylic acid groups (broad SMARTS) is 1. The highest BCUT2D eigenvalue weighted by Crippen LogP contribution is 2.18. The number of carbonyl (C=O) groups is 1. The molecular formula is C8H6FO3-. The van der Waals surface area contributed by atoms with Gasteiger partial charge < -0.3 is 14.6 Å². The topological polar surface area (TPSA) is 49.4 Å². The maximum atomic E-state index is 12.5. The molecule has 3 nitrogen and oxygen atoms in total. The van der Waals surface area contributed by atoms with Crippen molar-refractivity contribution < 1.29 is 19.0 Å². The first kappa shape index (κ1) is 8.52. The van der Waals surface area contributed by atoms with Gasteiger partial charge in [-0.05, 0) is 12.1 Å². The lowest BCUT2D eigenvalue weighted by molar-refractivity contribution is -0.255. The maximum absolute atomic E-state index is 12.5. The molecule has 0 bridgehead atoms. The van der Waals surface area contributed by atoms with Gasteiger partial charge in [-0.25, -0.2) is 4.39 Å². The molecule has 0 radical (unpaired) electrons. The Hall–Kier alpha value is -1.58. The molecule has 0 amide bonds. The number of aromatic carboxylic acids is 1. The largest absolute Gasteiger partial charge is 0.545 e. The van der Waals surface area contributed by atoms with Crippen LogP contribution in [-0.2, 0) is 0 Å². The molecule has 12 heavy (non-hydrogen) atoms. The van der Waals surface area contributed by atoms with Crippen molar-refractivity contribution in [1.29, 1.82) is 0 Å². The molecular weight excluding hydrogens is 163 g/mol. The summed E-state index contributed by atoms with van der Waals surface area (Å²) in [7, 11) is 1.27. The second-order valence-electron chi connectivity index (χ2n) is 2.13. The number of benzene rings is 1. The Morgan fingerprint density at radius 3 is 2.75 bits per heavy atom. The van der Waals surface area contributed by atoms with E-state index in [4.69, 9.17) is 0 Å². The Balaban J connectivity index is 3.20. The van der Waals surface area contributed by atoms with Crippen LogP contribution in [0.15, 0.2) is 18.2 Å². The molecule has 0 aliphatic heterocycles. The van der Waals surface area contributed by atoms with E-state index in [1.54, 1.807) is 0 Å². The van der Waals surface area contributed by atoms with E-state index in [2.05, 4.69) is 4.74 Å². The van der Waals surface area contributed by atoms with E-state index in [-0.39, 0.29) is 11.3 Å². The predicted molar refractivity (Wildman–Crippen MR) is 37.3 cm³/mol. The molecule has 1 aromatic rings. The van der Waals surface area contributed by atoms with Gasteiger partial charge >= 0.3 is 0 Å². The minimum atomic E-state index is -1.38. The predicted octanol–water partition coefficient (Wildman–Crippen LogP) is 0.198. The number of methoxy groups -OCH3 is 1. The van der Waals surface area contributed by atoms with Crippen LogP contribution in [0.2, 0.25) is 0 Å². The van der Waals surface area contributed by atoms with Gasteiger partial charge in [-0.2, -0.15) is 0 Å². The average Bonchev–Trinajstić information content (AvgIpc) is 2.03. The normalized spacial score (nSPS) is 9.50. The van der Waals surface area contributed by atoms with E-state index in [0.29, 0.717) is 0 Å². The van der Waals surface area contributed by atoms with Crippen LogP contribution < -0.4 is 9.84 Å². The molecule has 1 rings (SSSR count). The van der Waals surface area contributed by atoms with Crippen LogP contribution in [0.5, 0.6) is 5.75 Å². The monoisotopic (exact) mass is 169 g/mol. The van der Waals surface area contributed by atoms with Crippen molar-refractivity contribution in [2.75, 3.05) is 7.11 Å². The van der Waals surface area contributed by atoms with E-state index in [1.807, 2.05) is 0 Å². The summed E-state index contributed by atoms with van der Waals surface area (Å²) in [6.45, 7) is 0. The fraction of sp³-hybridized carbons (Fsp3) is 0.125. The van der Waals surface area contributed by atoms with Crippen molar-refractivity contribution in [3.8, 4) is 5.75 Å². The SMILES string of the molecule is COc1cc(F)ccc1C(=O)[O-]. The van der Waals surface area contributed by atoms with E-state index < -0.39 is 11.8 Å². The van der Waals surface area contributed by atoms with Crippen molar-refractivity contribution in [2.24, 2.45) is 0 Å². The molecule has 0 aromatic heterocycles. The zero-order valence-electron chi connectivity index (χ0n) is 6.33. The van der Waals surface area contributed by atoms with Crippen LogP contribution in [0.25, 0.3) is 0 Å². The highest BCUT2D eigenvalue weighted by Gasteiger charge is 2.04. The van der Waals surface area contributed by atoms with E-state index in [1.165, 1.54) is 7.11 Å². The van der Waals surface area contributed by atoms with Gasteiger partial charge in [-0.3, -0.25) is 0 Å². The van der Waals surface area contributed by atoms with Crippen LogP contribution in [0.1, 0.15) is 10.4 Å². The van der Waals surface area contributed by atoms with Gasteiger partial charge in [0.1, 0.15) is 11.6 Å². The standard InChI is InChI=1S/C8H7FO3/c1-12-7-4-5(9)2-3-6(7)8(10)11/h2-4H,1H3,(H,10,11)/p-1. The smallest absolute Gasteiger partial charge is 0.130 e. The number of carboxylic acids is 1. The minimum absolute atomic E-state index is 0.0324. The number of halogens is 1. The number of ether oxygens (including phenoxy) is 1. The summed E-state index contributed by atoms with van der Waals surface area (Å²) in [5, 5.41) is 10.4. The molecule has 4 heteroatoms. The highest BCUT2D eigenvalue weighted by atomic mass is 19.1. The summed E-state index contributed by atoms with van der Waals surface area (Å²) in [5.41, 5.74) is -0.154. The third kappa shape index (κ3) is 1.53. The number of hydrogen-bond acceptors (Lipinski definition) is 3. The third-order valence-electron chi connectivity index (χ3n) is 1.38. The van der Waals surface area contributed by atoms with Gasteiger partial charge in [-0.1, -0.05) is 0 Å². The van der Waals surface area contributed by atoms with Gasteiger partial charge in [0.05, 0.1) is 13.1 Å². The Morgan fingerprint density at radius 1 is 1.58 bits per heavy atom. The molecule has 0 aliphatic rings. The number of carbonyl (C=O) groups excluding carboxylic acids is 1. The van der Waals surface area contributed by atoms with Crippen molar-refractivity contribution >= 4 is 5.97 Å². The van der Waals surface area contributed by atoms with Crippen LogP contribution in [0, 0.1) is 5.82 Å². The quantitative estimate of drug-likeness (QED) is 0.635. The Bertz CT molecular complexity index is 309. The van der Waals surface area contributed by atoms with E-state index >= 15 is 0 Å². The molecule has 1 aromatic carbocycles. The minimum Gasteiger partial charge on any atom is -0.545 e. The molecule has 0 atom stereocenters. The van der Waals surface area contributed by atoms with E-state index in [9.17, 15) is 14.3 Å². The van der Waals surface area contributed by atoms with Gasteiger partial charge in [0.15, 0.2) is 0 Å². The van der Waals surface area contributed by atoms with Crippen molar-refractivity contribution in [3.05, 3.63) is 29.6 Å². The van der Waals surface area contributed by atoms with Gasteiger partial charge in [0, 0.05) is 11.6 Å². The summed E-state index contributed by atoms with van der Waals surface area (Å²) in [6.07, 6.45) is 0. The number of rotatable bonds is 2.